The van der Waals surface area contributed by atoms with Crippen molar-refractivity contribution in [1.82, 2.24) is 0 Å². The average molecular weight is 669 g/mol. The minimum absolute atomic E-state index is 1.22. The summed E-state index contributed by atoms with van der Waals surface area (Å²) in [7, 11) is 0. The Kier molecular flexibility index (Phi) is 6.09. The predicted octanol–water partition coefficient (Wildman–Crippen LogP) is 14.9. The van der Waals surface area contributed by atoms with Crippen molar-refractivity contribution >= 4 is 95.3 Å². The van der Waals surface area contributed by atoms with E-state index in [2.05, 4.69) is 170 Å². The molecule has 2 heterocycles. The van der Waals surface area contributed by atoms with Gasteiger partial charge in [0.05, 0.1) is 9.40 Å². The van der Waals surface area contributed by atoms with Crippen LogP contribution >= 0.6 is 22.7 Å². The van der Waals surface area contributed by atoms with Gasteiger partial charge < -0.3 is 0 Å². The number of rotatable bonds is 3. The summed E-state index contributed by atoms with van der Waals surface area (Å²) in [4.78, 5) is 0. The van der Waals surface area contributed by atoms with E-state index in [9.17, 15) is 0 Å². The zero-order valence-corrected chi connectivity index (χ0v) is 28.6. The molecule has 50 heavy (non-hydrogen) atoms. The summed E-state index contributed by atoms with van der Waals surface area (Å²) in [6.07, 6.45) is 0. The van der Waals surface area contributed by atoms with Crippen LogP contribution in [-0.2, 0) is 0 Å². The summed E-state index contributed by atoms with van der Waals surface area (Å²) >= 11 is 3.84. The van der Waals surface area contributed by atoms with E-state index in [4.69, 9.17) is 0 Å². The molecule has 0 unspecified atom stereocenters. The second kappa shape index (κ2) is 10.9. The Morgan fingerprint density at radius 3 is 1.18 bits per heavy atom. The van der Waals surface area contributed by atoms with Crippen LogP contribution in [0.1, 0.15) is 0 Å². The highest BCUT2D eigenvalue weighted by atomic mass is 32.1. The first kappa shape index (κ1) is 28.1. The summed E-state index contributed by atoms with van der Waals surface area (Å²) in [5.74, 6) is 0. The molecule has 0 saturated carbocycles. The van der Waals surface area contributed by atoms with Gasteiger partial charge in [-0.15, -0.1) is 22.7 Å². The fourth-order valence-corrected chi connectivity index (χ4v) is 10.6. The summed E-state index contributed by atoms with van der Waals surface area (Å²) in [5.41, 5.74) is 7.40. The molecule has 9 aromatic carbocycles. The molecule has 0 aliphatic carbocycles. The summed E-state index contributed by atoms with van der Waals surface area (Å²) < 4.78 is 5.50. The number of fused-ring (bicyclic) bond motifs is 13. The fourth-order valence-electron chi connectivity index (χ4n) is 8.04. The Balaban J connectivity index is 0.997. The Bertz CT molecular complexity index is 3120. The Morgan fingerprint density at radius 1 is 0.220 bits per heavy atom. The van der Waals surface area contributed by atoms with Gasteiger partial charge in [-0.3, -0.25) is 0 Å². The van der Waals surface area contributed by atoms with Gasteiger partial charge in [0.1, 0.15) is 0 Å². The molecule has 2 aromatic heterocycles. The highest BCUT2D eigenvalue weighted by Crippen LogP contribution is 2.45. The van der Waals surface area contributed by atoms with Gasteiger partial charge >= 0.3 is 0 Å². The number of hydrogen-bond donors (Lipinski definition) is 0. The Hall–Kier alpha value is -5.80. The SMILES string of the molecule is c1cc(-c2cccc(-c3ccc4c5ccccc5c5ccccc5c4c3)c2)cc(-c2ccc3sc4c(ccc5c6ccccc6sc54)c3c2)c1. The largest absolute Gasteiger partial charge is 0.134 e. The van der Waals surface area contributed by atoms with Crippen LogP contribution in [0.2, 0.25) is 0 Å². The van der Waals surface area contributed by atoms with Crippen molar-refractivity contribution in [3.8, 4) is 33.4 Å². The molecular weight excluding hydrogens is 641 g/mol. The van der Waals surface area contributed by atoms with Crippen LogP contribution < -0.4 is 0 Å². The van der Waals surface area contributed by atoms with Crippen LogP contribution in [0.25, 0.3) is 106 Å². The molecule has 0 spiro atoms. The van der Waals surface area contributed by atoms with E-state index in [0.29, 0.717) is 0 Å². The van der Waals surface area contributed by atoms with Gasteiger partial charge in [0.15, 0.2) is 0 Å². The average Bonchev–Trinajstić information content (AvgIpc) is 3.76. The molecule has 0 bridgehead atoms. The van der Waals surface area contributed by atoms with Gasteiger partial charge in [-0.05, 0) is 102 Å². The molecule has 0 saturated heterocycles. The first-order valence-corrected chi connectivity index (χ1v) is 18.7. The predicted molar refractivity (Wildman–Crippen MR) is 221 cm³/mol. The smallest absolute Gasteiger partial charge is 0.0534 e. The van der Waals surface area contributed by atoms with Crippen molar-refractivity contribution in [2.24, 2.45) is 0 Å². The molecular formula is C48H28S2. The molecule has 0 atom stereocenters. The molecule has 0 aliphatic heterocycles. The standard InChI is InChI=1S/C48H28S2/c1-2-15-37-35(13-1)36-14-3-4-16-38(36)43-27-33(19-21-39(37)43)31-11-7-9-29(25-31)30-10-8-12-32(26-30)34-20-24-46-44(28-34)42-23-22-41-40-17-5-6-18-45(40)49-47(41)48(42)50-46/h1-28H. The molecule has 0 radical (unpaired) electrons. The molecule has 232 valence electrons. The minimum atomic E-state index is 1.22. The maximum absolute atomic E-state index is 2.39. The van der Waals surface area contributed by atoms with Crippen LogP contribution in [0.3, 0.4) is 0 Å². The lowest BCUT2D eigenvalue weighted by atomic mass is 9.91. The highest BCUT2D eigenvalue weighted by Gasteiger charge is 2.14. The summed E-state index contributed by atoms with van der Waals surface area (Å²) in [5, 5.41) is 13.2. The molecule has 0 N–H and O–H groups in total. The van der Waals surface area contributed by atoms with Crippen molar-refractivity contribution in [2.45, 2.75) is 0 Å². The van der Waals surface area contributed by atoms with Gasteiger partial charge in [-0.2, -0.15) is 0 Å². The fraction of sp³-hybridized carbons (Fsp3) is 0. The van der Waals surface area contributed by atoms with Crippen molar-refractivity contribution in [1.29, 1.82) is 0 Å². The number of benzene rings is 9. The van der Waals surface area contributed by atoms with Gasteiger partial charge in [-0.1, -0.05) is 133 Å². The lowest BCUT2D eigenvalue weighted by Crippen LogP contribution is -1.86. The van der Waals surface area contributed by atoms with E-state index in [1.54, 1.807) is 0 Å². The van der Waals surface area contributed by atoms with Crippen molar-refractivity contribution in [2.75, 3.05) is 0 Å². The van der Waals surface area contributed by atoms with Crippen molar-refractivity contribution in [3.05, 3.63) is 170 Å². The molecule has 11 aromatic rings. The van der Waals surface area contributed by atoms with Crippen molar-refractivity contribution < 1.29 is 0 Å². The first-order chi connectivity index (χ1) is 24.8. The lowest BCUT2D eigenvalue weighted by Gasteiger charge is -2.13. The molecule has 0 nitrogen and oxygen atoms in total. The second-order valence-electron chi connectivity index (χ2n) is 13.2. The van der Waals surface area contributed by atoms with Gasteiger partial charge in [-0.25, -0.2) is 0 Å². The van der Waals surface area contributed by atoms with Crippen LogP contribution in [0.5, 0.6) is 0 Å². The maximum atomic E-state index is 2.39. The van der Waals surface area contributed by atoms with Crippen LogP contribution in [0.4, 0.5) is 0 Å². The van der Waals surface area contributed by atoms with Gasteiger partial charge in [0.25, 0.3) is 0 Å². The Morgan fingerprint density at radius 2 is 0.600 bits per heavy atom. The normalized spacial score (nSPS) is 12.0. The van der Waals surface area contributed by atoms with E-state index in [1.807, 2.05) is 22.7 Å². The van der Waals surface area contributed by atoms with Crippen LogP contribution in [0.15, 0.2) is 170 Å². The van der Waals surface area contributed by atoms with E-state index in [1.165, 1.54) is 106 Å². The van der Waals surface area contributed by atoms with Gasteiger partial charge in [0.2, 0.25) is 0 Å². The van der Waals surface area contributed by atoms with E-state index >= 15 is 0 Å². The monoisotopic (exact) mass is 668 g/mol. The van der Waals surface area contributed by atoms with E-state index in [-0.39, 0.29) is 0 Å². The van der Waals surface area contributed by atoms with Crippen LogP contribution in [0, 0.1) is 0 Å². The number of hydrogen-bond acceptors (Lipinski definition) is 2. The molecule has 2 heteroatoms. The van der Waals surface area contributed by atoms with Crippen LogP contribution in [-0.4, -0.2) is 0 Å². The molecule has 0 amide bonds. The zero-order chi connectivity index (χ0) is 32.8. The third-order valence-electron chi connectivity index (χ3n) is 10.5. The van der Waals surface area contributed by atoms with E-state index in [0.717, 1.165) is 0 Å². The third kappa shape index (κ3) is 4.23. The number of thiophene rings is 2. The third-order valence-corrected chi connectivity index (χ3v) is 13.0. The molecule has 0 fully saturated rings. The second-order valence-corrected chi connectivity index (χ2v) is 15.3. The van der Waals surface area contributed by atoms with Gasteiger partial charge in [0, 0.05) is 30.9 Å². The Labute approximate surface area is 297 Å². The summed E-state index contributed by atoms with van der Waals surface area (Å²) in [6, 6.07) is 63.0. The molecule has 11 rings (SSSR count). The molecule has 0 aliphatic rings. The first-order valence-electron chi connectivity index (χ1n) is 17.1. The lowest BCUT2D eigenvalue weighted by molar-refractivity contribution is 1.59. The van der Waals surface area contributed by atoms with E-state index < -0.39 is 0 Å². The zero-order valence-electron chi connectivity index (χ0n) is 27.0. The highest BCUT2D eigenvalue weighted by molar-refractivity contribution is 7.33. The maximum Gasteiger partial charge on any atom is 0.0534 e. The topological polar surface area (TPSA) is 0 Å². The van der Waals surface area contributed by atoms with Crippen molar-refractivity contribution in [3.63, 3.8) is 0 Å². The minimum Gasteiger partial charge on any atom is -0.134 e. The summed E-state index contributed by atoms with van der Waals surface area (Å²) in [6.45, 7) is 0. The quantitative estimate of drug-likeness (QED) is 0.164.